The Morgan fingerprint density at radius 3 is 2.67 bits per heavy atom. The molecule has 0 saturated carbocycles. The summed E-state index contributed by atoms with van der Waals surface area (Å²) >= 11 is 0. The summed E-state index contributed by atoms with van der Waals surface area (Å²) in [4.78, 5) is 11.3. The van der Waals surface area contributed by atoms with Crippen molar-refractivity contribution in [1.82, 2.24) is 35.1 Å². The van der Waals surface area contributed by atoms with Crippen LogP contribution in [0.3, 0.4) is 0 Å². The van der Waals surface area contributed by atoms with E-state index in [4.69, 9.17) is 10.1 Å². The van der Waals surface area contributed by atoms with Crippen molar-refractivity contribution < 1.29 is 4.39 Å². The number of benzene rings is 2. The SMILES string of the molecule is Fc1cc(N2C[C@@H]3CC[C@H]2CN3)ccc1-c1ccnc2c(-c3cccc4[nH]ncc34)c(-c3ccncc3)nn12. The molecule has 7 heterocycles. The number of aromatic amines is 1. The third-order valence-electron chi connectivity index (χ3n) is 8.13. The van der Waals surface area contributed by atoms with Gasteiger partial charge in [-0.2, -0.15) is 10.2 Å². The minimum absolute atomic E-state index is 0.270. The Kier molecular flexibility index (Phi) is 4.99. The highest BCUT2D eigenvalue weighted by Gasteiger charge is 2.33. The minimum Gasteiger partial charge on any atom is -0.366 e. The zero-order valence-electron chi connectivity index (χ0n) is 21.0. The molecule has 2 bridgehead atoms. The smallest absolute Gasteiger partial charge is 0.164 e. The molecule has 3 saturated heterocycles. The monoisotopic (exact) mass is 516 g/mol. The van der Waals surface area contributed by atoms with E-state index >= 15 is 4.39 Å². The maximum absolute atomic E-state index is 15.9. The molecule has 0 unspecified atom stereocenters. The number of rotatable bonds is 4. The summed E-state index contributed by atoms with van der Waals surface area (Å²) in [5, 5.41) is 16.9. The quantitative estimate of drug-likeness (QED) is 0.340. The van der Waals surface area contributed by atoms with E-state index < -0.39 is 0 Å². The Morgan fingerprint density at radius 2 is 1.87 bits per heavy atom. The Balaban J connectivity index is 1.31. The molecule has 192 valence electrons. The average molecular weight is 517 g/mol. The number of halogens is 1. The van der Waals surface area contributed by atoms with Crippen molar-refractivity contribution in [2.75, 3.05) is 18.0 Å². The third-order valence-corrected chi connectivity index (χ3v) is 8.13. The standard InChI is InChI=1S/C30H25FN8/c31-25-14-20(38-17-19-4-5-21(38)15-34-19)6-7-23(25)27-10-13-33-30-28(22-2-1-3-26-24(22)16-35-36-26)29(37-39(27)30)18-8-11-32-12-9-18/h1-3,6-14,16,19,21,34H,4-5,15,17H2,(H,35,36)/t19-,21-/m0/s1. The van der Waals surface area contributed by atoms with Gasteiger partial charge >= 0.3 is 0 Å². The zero-order valence-corrected chi connectivity index (χ0v) is 21.0. The lowest BCUT2D eigenvalue weighted by atomic mass is 9.92. The summed E-state index contributed by atoms with van der Waals surface area (Å²) in [6, 6.07) is 18.2. The molecular formula is C30H25FN8. The van der Waals surface area contributed by atoms with Gasteiger partial charge in [0.25, 0.3) is 0 Å². The minimum atomic E-state index is -0.270. The number of nitrogens with one attached hydrogen (secondary N) is 2. The first-order chi connectivity index (χ1) is 19.2. The summed E-state index contributed by atoms with van der Waals surface area (Å²) in [6.45, 7) is 1.87. The molecule has 0 spiro atoms. The van der Waals surface area contributed by atoms with E-state index in [2.05, 4.69) is 25.4 Å². The van der Waals surface area contributed by atoms with Crippen LogP contribution < -0.4 is 10.2 Å². The molecule has 0 aliphatic carbocycles. The van der Waals surface area contributed by atoms with Gasteiger partial charge < -0.3 is 10.2 Å². The molecule has 6 aromatic rings. The molecule has 2 aromatic carbocycles. The Labute approximate surface area is 223 Å². The van der Waals surface area contributed by atoms with E-state index in [1.807, 2.05) is 54.7 Å². The van der Waals surface area contributed by atoms with Crippen molar-refractivity contribution in [2.24, 2.45) is 0 Å². The van der Waals surface area contributed by atoms with Gasteiger partial charge in [0.1, 0.15) is 11.5 Å². The normalized spacial score (nSPS) is 18.8. The Hall–Kier alpha value is -4.63. The molecule has 9 heteroatoms. The van der Waals surface area contributed by atoms with Crippen molar-refractivity contribution in [3.05, 3.63) is 85.2 Å². The summed E-state index contributed by atoms with van der Waals surface area (Å²) < 4.78 is 17.6. The van der Waals surface area contributed by atoms with Crippen LogP contribution in [0.25, 0.3) is 50.2 Å². The van der Waals surface area contributed by atoms with E-state index in [0.717, 1.165) is 58.5 Å². The molecule has 39 heavy (non-hydrogen) atoms. The van der Waals surface area contributed by atoms with Gasteiger partial charge in [0.15, 0.2) is 5.65 Å². The van der Waals surface area contributed by atoms with Gasteiger partial charge in [0.05, 0.1) is 23.0 Å². The molecule has 4 aromatic heterocycles. The molecular weight excluding hydrogens is 491 g/mol. The van der Waals surface area contributed by atoms with Gasteiger partial charge in [0, 0.05) is 66.0 Å². The van der Waals surface area contributed by atoms with Crippen molar-refractivity contribution in [1.29, 1.82) is 0 Å². The summed E-state index contributed by atoms with van der Waals surface area (Å²) in [5.74, 6) is -0.270. The van der Waals surface area contributed by atoms with E-state index in [-0.39, 0.29) is 5.82 Å². The average Bonchev–Trinajstić information content (AvgIpc) is 3.63. The number of pyridine rings is 1. The number of fused-ring (bicyclic) bond motifs is 5. The lowest BCUT2D eigenvalue weighted by Gasteiger charge is -2.47. The van der Waals surface area contributed by atoms with Crippen LogP contribution in [0.5, 0.6) is 0 Å². The van der Waals surface area contributed by atoms with Crippen LogP contribution in [-0.4, -0.2) is 55.0 Å². The Morgan fingerprint density at radius 1 is 0.949 bits per heavy atom. The zero-order chi connectivity index (χ0) is 25.9. The van der Waals surface area contributed by atoms with Crippen LogP contribution in [0.15, 0.2) is 79.4 Å². The van der Waals surface area contributed by atoms with Gasteiger partial charge in [-0.1, -0.05) is 12.1 Å². The highest BCUT2D eigenvalue weighted by atomic mass is 19.1. The van der Waals surface area contributed by atoms with E-state index in [9.17, 15) is 0 Å². The largest absolute Gasteiger partial charge is 0.366 e. The van der Waals surface area contributed by atoms with Crippen molar-refractivity contribution in [3.8, 4) is 33.6 Å². The third kappa shape index (κ3) is 3.54. The lowest BCUT2D eigenvalue weighted by Crippen LogP contribution is -2.61. The molecule has 0 amide bonds. The van der Waals surface area contributed by atoms with Gasteiger partial charge in [-0.3, -0.25) is 10.1 Å². The predicted molar refractivity (Wildman–Crippen MR) is 149 cm³/mol. The number of nitrogens with zero attached hydrogens (tertiary/aromatic N) is 6. The van der Waals surface area contributed by atoms with Crippen LogP contribution in [0.4, 0.5) is 10.1 Å². The number of anilines is 1. The summed E-state index contributed by atoms with van der Waals surface area (Å²) in [7, 11) is 0. The molecule has 3 aliphatic rings. The van der Waals surface area contributed by atoms with Crippen LogP contribution >= 0.6 is 0 Å². The number of H-pyrrole nitrogens is 1. The first kappa shape index (κ1) is 22.4. The molecule has 2 N–H and O–H groups in total. The van der Waals surface area contributed by atoms with Gasteiger partial charge in [-0.05, 0) is 60.9 Å². The second-order valence-corrected chi connectivity index (χ2v) is 10.3. The second kappa shape index (κ2) is 8.71. The van der Waals surface area contributed by atoms with Crippen LogP contribution in [0.1, 0.15) is 12.8 Å². The fraction of sp³-hybridized carbons (Fsp3) is 0.200. The van der Waals surface area contributed by atoms with Crippen molar-refractivity contribution in [3.63, 3.8) is 0 Å². The van der Waals surface area contributed by atoms with Crippen LogP contribution in [0, 0.1) is 5.82 Å². The molecule has 2 atom stereocenters. The van der Waals surface area contributed by atoms with E-state index in [0.29, 0.717) is 29.0 Å². The number of hydrogen-bond acceptors (Lipinski definition) is 6. The predicted octanol–water partition coefficient (Wildman–Crippen LogP) is 5.08. The number of hydrogen-bond donors (Lipinski definition) is 2. The van der Waals surface area contributed by atoms with Gasteiger partial charge in [-0.15, -0.1) is 0 Å². The molecule has 9 rings (SSSR count). The number of piperidine rings is 2. The fourth-order valence-corrected chi connectivity index (χ4v) is 6.21. The molecule has 8 nitrogen and oxygen atoms in total. The maximum Gasteiger partial charge on any atom is 0.164 e. The van der Waals surface area contributed by atoms with Gasteiger partial charge in [-0.25, -0.2) is 13.9 Å². The number of aromatic nitrogens is 6. The first-order valence-electron chi connectivity index (χ1n) is 13.2. The Bertz CT molecular complexity index is 1830. The second-order valence-electron chi connectivity index (χ2n) is 10.3. The molecule has 3 aliphatic heterocycles. The van der Waals surface area contributed by atoms with Crippen LogP contribution in [0.2, 0.25) is 0 Å². The van der Waals surface area contributed by atoms with Crippen molar-refractivity contribution in [2.45, 2.75) is 24.9 Å². The maximum atomic E-state index is 15.9. The molecule has 3 fully saturated rings. The lowest BCUT2D eigenvalue weighted by molar-refractivity contribution is 0.290. The first-order valence-corrected chi connectivity index (χ1v) is 13.2. The van der Waals surface area contributed by atoms with Crippen LogP contribution in [-0.2, 0) is 0 Å². The topological polar surface area (TPSA) is 87.0 Å². The summed E-state index contributed by atoms with van der Waals surface area (Å²) in [5.41, 5.74) is 7.11. The van der Waals surface area contributed by atoms with Gasteiger partial charge in [0.2, 0.25) is 0 Å². The van der Waals surface area contributed by atoms with Crippen molar-refractivity contribution >= 4 is 22.2 Å². The highest BCUT2D eigenvalue weighted by molar-refractivity contribution is 6.02. The van der Waals surface area contributed by atoms with E-state index in [1.165, 1.54) is 6.42 Å². The van der Waals surface area contributed by atoms with E-state index in [1.54, 1.807) is 29.2 Å². The number of piperazine rings is 1. The fourth-order valence-electron chi connectivity index (χ4n) is 6.21. The highest BCUT2D eigenvalue weighted by Crippen LogP contribution is 2.39. The summed E-state index contributed by atoms with van der Waals surface area (Å²) in [6.07, 6.45) is 9.36. The molecule has 0 radical (unpaired) electrons.